The first-order chi connectivity index (χ1) is 12.9. The molecule has 7 heteroatoms. The Hall–Kier alpha value is -2.25. The summed E-state index contributed by atoms with van der Waals surface area (Å²) in [5, 5.41) is 2.82. The highest BCUT2D eigenvalue weighted by atomic mass is 32.2. The number of sulfonamides is 1. The third-order valence-electron chi connectivity index (χ3n) is 4.81. The van der Waals surface area contributed by atoms with E-state index in [0.717, 1.165) is 30.5 Å². The van der Waals surface area contributed by atoms with Gasteiger partial charge in [-0.3, -0.25) is 4.79 Å². The Bertz CT molecular complexity index is 896. The summed E-state index contributed by atoms with van der Waals surface area (Å²) in [6.07, 6.45) is 2.83. The van der Waals surface area contributed by atoms with Crippen molar-refractivity contribution in [3.63, 3.8) is 0 Å². The van der Waals surface area contributed by atoms with Crippen molar-refractivity contribution >= 4 is 21.6 Å². The number of hydrogen-bond acceptors (Lipinski definition) is 3. The molecule has 0 bridgehead atoms. The number of amides is 1. The maximum absolute atomic E-state index is 13.1. The van der Waals surface area contributed by atoms with Crippen molar-refractivity contribution in [2.45, 2.75) is 43.5 Å². The second-order valence-electron chi connectivity index (χ2n) is 6.62. The molecule has 0 aromatic heterocycles. The molecule has 27 heavy (non-hydrogen) atoms. The summed E-state index contributed by atoms with van der Waals surface area (Å²) in [6.45, 7) is 2.32. The van der Waals surface area contributed by atoms with Gasteiger partial charge in [-0.05, 0) is 61.2 Å². The molecule has 3 rings (SSSR count). The minimum absolute atomic E-state index is 0.00380. The minimum atomic E-state index is -3.87. The van der Waals surface area contributed by atoms with E-state index < -0.39 is 21.9 Å². The van der Waals surface area contributed by atoms with Crippen molar-refractivity contribution in [3.05, 3.63) is 59.9 Å². The number of nitrogens with zero attached hydrogens (tertiary/aromatic N) is 1. The molecule has 1 unspecified atom stereocenters. The van der Waals surface area contributed by atoms with Gasteiger partial charge in [0.2, 0.25) is 15.9 Å². The number of hydrogen-bond donors (Lipinski definition) is 1. The first kappa shape index (κ1) is 19.5. The Kier molecular flexibility index (Phi) is 5.92. The lowest BCUT2D eigenvalue weighted by Crippen LogP contribution is -2.49. The van der Waals surface area contributed by atoms with E-state index in [1.807, 2.05) is 31.2 Å². The van der Waals surface area contributed by atoms with Crippen LogP contribution in [0.1, 0.15) is 31.7 Å². The van der Waals surface area contributed by atoms with Gasteiger partial charge in [-0.2, -0.15) is 4.31 Å². The number of benzene rings is 2. The summed E-state index contributed by atoms with van der Waals surface area (Å²) >= 11 is 0. The average Bonchev–Trinajstić information content (AvgIpc) is 2.69. The predicted molar refractivity (Wildman–Crippen MR) is 102 cm³/mol. The number of rotatable bonds is 5. The average molecular weight is 390 g/mol. The topological polar surface area (TPSA) is 66.5 Å². The van der Waals surface area contributed by atoms with Gasteiger partial charge >= 0.3 is 0 Å². The van der Waals surface area contributed by atoms with Gasteiger partial charge in [0.15, 0.2) is 0 Å². The molecule has 0 aliphatic carbocycles. The molecule has 144 valence electrons. The van der Waals surface area contributed by atoms with Crippen molar-refractivity contribution in [2.24, 2.45) is 0 Å². The van der Waals surface area contributed by atoms with E-state index in [-0.39, 0.29) is 17.3 Å². The molecule has 1 aliphatic heterocycles. The lowest BCUT2D eigenvalue weighted by Gasteiger charge is -2.33. The summed E-state index contributed by atoms with van der Waals surface area (Å²) in [6, 6.07) is 11.4. The molecule has 5 nitrogen and oxygen atoms in total. The molecule has 1 heterocycles. The van der Waals surface area contributed by atoms with Crippen LogP contribution >= 0.6 is 0 Å². The van der Waals surface area contributed by atoms with Crippen molar-refractivity contribution < 1.29 is 17.6 Å². The Morgan fingerprint density at radius 1 is 1.11 bits per heavy atom. The van der Waals surface area contributed by atoms with Gasteiger partial charge in [0.1, 0.15) is 11.9 Å². The lowest BCUT2D eigenvalue weighted by atomic mass is 10.0. The molecule has 2 aromatic carbocycles. The van der Waals surface area contributed by atoms with Crippen molar-refractivity contribution in [2.75, 3.05) is 11.9 Å². The number of nitrogens with one attached hydrogen (secondary N) is 1. The van der Waals surface area contributed by atoms with E-state index in [9.17, 15) is 17.6 Å². The first-order valence-electron chi connectivity index (χ1n) is 9.09. The maximum atomic E-state index is 13.1. The van der Waals surface area contributed by atoms with Crippen LogP contribution in [0.15, 0.2) is 53.4 Å². The summed E-state index contributed by atoms with van der Waals surface area (Å²) < 4.78 is 40.3. The fourth-order valence-electron chi connectivity index (χ4n) is 3.25. The standard InChI is InChI=1S/C20H23FN2O3S/c1-2-15-6-10-17(11-7-15)22-20(24)19-5-3-4-14-23(19)27(25,26)18-12-8-16(21)9-13-18/h6-13,19H,2-5,14H2,1H3,(H,22,24). The monoisotopic (exact) mass is 390 g/mol. The van der Waals surface area contributed by atoms with E-state index >= 15 is 0 Å². The second kappa shape index (κ2) is 8.19. The molecule has 2 aromatic rings. The quantitative estimate of drug-likeness (QED) is 0.849. The summed E-state index contributed by atoms with van der Waals surface area (Å²) in [4.78, 5) is 12.8. The molecule has 0 saturated carbocycles. The highest BCUT2D eigenvalue weighted by Crippen LogP contribution is 2.26. The number of halogens is 1. The number of carbonyl (C=O) groups excluding carboxylic acids is 1. The number of aryl methyl sites for hydroxylation is 1. The van der Waals surface area contributed by atoms with E-state index in [1.165, 1.54) is 16.4 Å². The lowest BCUT2D eigenvalue weighted by molar-refractivity contribution is -0.120. The summed E-state index contributed by atoms with van der Waals surface area (Å²) in [5.41, 5.74) is 1.80. The molecule has 0 spiro atoms. The van der Waals surface area contributed by atoms with Crippen LogP contribution in [0.3, 0.4) is 0 Å². The van der Waals surface area contributed by atoms with Gasteiger partial charge in [0.05, 0.1) is 4.90 Å². The van der Waals surface area contributed by atoms with E-state index in [4.69, 9.17) is 0 Å². The van der Waals surface area contributed by atoms with Crippen LogP contribution in [0, 0.1) is 5.82 Å². The smallest absolute Gasteiger partial charge is 0.243 e. The summed E-state index contributed by atoms with van der Waals surface area (Å²) in [5.74, 6) is -0.845. The highest BCUT2D eigenvalue weighted by Gasteiger charge is 2.37. The molecule has 0 radical (unpaired) electrons. The van der Waals surface area contributed by atoms with Crippen molar-refractivity contribution in [1.82, 2.24) is 4.31 Å². The minimum Gasteiger partial charge on any atom is -0.325 e. The number of piperidine rings is 1. The largest absolute Gasteiger partial charge is 0.325 e. The van der Waals surface area contributed by atoms with Crippen LogP contribution in [0.2, 0.25) is 0 Å². The molecule has 1 amide bonds. The SMILES string of the molecule is CCc1ccc(NC(=O)C2CCCCN2S(=O)(=O)c2ccc(F)cc2)cc1. The van der Waals surface area contributed by atoms with Crippen molar-refractivity contribution in [1.29, 1.82) is 0 Å². The van der Waals surface area contributed by atoms with Crippen LogP contribution in [-0.4, -0.2) is 31.2 Å². The molecule has 1 saturated heterocycles. The zero-order valence-corrected chi connectivity index (χ0v) is 16.0. The van der Waals surface area contributed by atoms with E-state index in [0.29, 0.717) is 18.5 Å². The molecular weight excluding hydrogens is 367 g/mol. The van der Waals surface area contributed by atoms with Gasteiger partial charge in [-0.15, -0.1) is 0 Å². The maximum Gasteiger partial charge on any atom is 0.243 e. The van der Waals surface area contributed by atoms with Gasteiger partial charge in [-0.25, -0.2) is 12.8 Å². The molecule has 1 N–H and O–H groups in total. The Balaban J connectivity index is 1.81. The van der Waals surface area contributed by atoms with E-state index in [1.54, 1.807) is 0 Å². The van der Waals surface area contributed by atoms with Gasteiger partial charge in [0.25, 0.3) is 0 Å². The molecule has 1 atom stereocenters. The van der Waals surface area contributed by atoms with Crippen LogP contribution in [0.5, 0.6) is 0 Å². The zero-order chi connectivity index (χ0) is 19.4. The highest BCUT2D eigenvalue weighted by molar-refractivity contribution is 7.89. The van der Waals surface area contributed by atoms with Crippen molar-refractivity contribution in [3.8, 4) is 0 Å². The fourth-order valence-corrected chi connectivity index (χ4v) is 4.90. The molecular formula is C20H23FN2O3S. The second-order valence-corrected chi connectivity index (χ2v) is 8.51. The van der Waals surface area contributed by atoms with Crippen LogP contribution in [-0.2, 0) is 21.2 Å². The van der Waals surface area contributed by atoms with Crippen LogP contribution in [0.25, 0.3) is 0 Å². The van der Waals surface area contributed by atoms with Crippen LogP contribution in [0.4, 0.5) is 10.1 Å². The normalized spacial score (nSPS) is 18.2. The zero-order valence-electron chi connectivity index (χ0n) is 15.2. The fraction of sp³-hybridized carbons (Fsp3) is 0.350. The Morgan fingerprint density at radius 3 is 2.41 bits per heavy atom. The third kappa shape index (κ3) is 4.36. The van der Waals surface area contributed by atoms with E-state index in [2.05, 4.69) is 5.32 Å². The number of anilines is 1. The third-order valence-corrected chi connectivity index (χ3v) is 6.73. The van der Waals surface area contributed by atoms with Gasteiger partial charge in [0, 0.05) is 12.2 Å². The van der Waals surface area contributed by atoms with Gasteiger partial charge < -0.3 is 5.32 Å². The first-order valence-corrected chi connectivity index (χ1v) is 10.5. The number of carbonyl (C=O) groups is 1. The molecule has 1 fully saturated rings. The Morgan fingerprint density at radius 2 is 1.78 bits per heavy atom. The Labute approximate surface area is 159 Å². The molecule has 1 aliphatic rings. The van der Waals surface area contributed by atoms with Crippen LogP contribution < -0.4 is 5.32 Å². The predicted octanol–water partition coefficient (Wildman–Crippen LogP) is 3.57. The van der Waals surface area contributed by atoms with Gasteiger partial charge in [-0.1, -0.05) is 25.5 Å². The summed E-state index contributed by atoms with van der Waals surface area (Å²) in [7, 11) is -3.87.